The summed E-state index contributed by atoms with van der Waals surface area (Å²) in [5.74, 6) is -1.72. The van der Waals surface area contributed by atoms with Gasteiger partial charge in [-0.3, -0.25) is 4.79 Å². The Labute approximate surface area is 56.8 Å². The van der Waals surface area contributed by atoms with E-state index in [0.29, 0.717) is 0 Å². The Bertz CT molecular complexity index is 136. The lowest BCUT2D eigenvalue weighted by atomic mass is 10.6. The molecule has 4 nitrogen and oxygen atoms in total. The third-order valence-electron chi connectivity index (χ3n) is 0.547. The van der Waals surface area contributed by atoms with Crippen molar-refractivity contribution in [1.82, 2.24) is 5.32 Å². The predicted octanol–water partition coefficient (Wildman–Crippen LogP) is -0.228. The van der Waals surface area contributed by atoms with Gasteiger partial charge >= 0.3 is 5.97 Å². The van der Waals surface area contributed by atoms with E-state index in [2.05, 4.69) is 0 Å². The van der Waals surface area contributed by atoms with Gasteiger partial charge in [0.1, 0.15) is 0 Å². The highest BCUT2D eigenvalue weighted by molar-refractivity contribution is 6.30. The molecule has 9 heavy (non-hydrogen) atoms. The van der Waals surface area contributed by atoms with E-state index in [9.17, 15) is 9.59 Å². The number of carboxylic acids is 1. The average Bonchev–Trinajstić information content (AvgIpc) is 1.63. The molecule has 0 saturated heterocycles. The average molecular weight is 152 g/mol. The van der Waals surface area contributed by atoms with Crippen LogP contribution < -0.4 is 5.32 Å². The van der Waals surface area contributed by atoms with Gasteiger partial charge in [-0.2, -0.15) is 0 Å². The van der Waals surface area contributed by atoms with E-state index in [1.54, 1.807) is 0 Å². The summed E-state index contributed by atoms with van der Waals surface area (Å²) >= 11 is 5.08. The molecule has 1 unspecified atom stereocenters. The topological polar surface area (TPSA) is 66.4 Å². The maximum Gasteiger partial charge on any atom is 0.341 e. The normalized spacial score (nSPS) is 12.2. The SMILES string of the molecule is CC(=O)NC(Cl)C(=O)O. The van der Waals surface area contributed by atoms with E-state index in [4.69, 9.17) is 16.7 Å². The lowest BCUT2D eigenvalue weighted by Gasteiger charge is -2.02. The van der Waals surface area contributed by atoms with Crippen LogP contribution in [0.5, 0.6) is 0 Å². The largest absolute Gasteiger partial charge is 0.479 e. The Balaban J connectivity index is 3.63. The van der Waals surface area contributed by atoms with Gasteiger partial charge in [0, 0.05) is 6.92 Å². The Hall–Kier alpha value is -0.770. The van der Waals surface area contributed by atoms with Crippen LogP contribution >= 0.6 is 11.6 Å². The van der Waals surface area contributed by atoms with E-state index in [-0.39, 0.29) is 0 Å². The van der Waals surface area contributed by atoms with Crippen LogP contribution in [-0.2, 0) is 9.59 Å². The second-order valence-electron chi connectivity index (χ2n) is 1.40. The minimum atomic E-state index is -1.32. The van der Waals surface area contributed by atoms with Crippen LogP contribution in [0.1, 0.15) is 6.92 Å². The minimum Gasteiger partial charge on any atom is -0.479 e. The molecule has 0 rings (SSSR count). The monoisotopic (exact) mass is 151 g/mol. The molecule has 52 valence electrons. The van der Waals surface area contributed by atoms with Crippen molar-refractivity contribution in [1.29, 1.82) is 0 Å². The van der Waals surface area contributed by atoms with Crippen molar-refractivity contribution in [3.05, 3.63) is 0 Å². The molecule has 0 fully saturated rings. The molecule has 0 aromatic carbocycles. The van der Waals surface area contributed by atoms with Gasteiger partial charge in [-0.15, -0.1) is 0 Å². The van der Waals surface area contributed by atoms with Gasteiger partial charge in [0.15, 0.2) is 0 Å². The molecule has 0 aliphatic rings. The van der Waals surface area contributed by atoms with E-state index in [0.717, 1.165) is 0 Å². The zero-order valence-electron chi connectivity index (χ0n) is 4.72. The summed E-state index contributed by atoms with van der Waals surface area (Å²) in [6, 6.07) is 0. The third-order valence-corrected chi connectivity index (χ3v) is 0.843. The summed E-state index contributed by atoms with van der Waals surface area (Å²) in [5.41, 5.74) is -1.32. The van der Waals surface area contributed by atoms with Gasteiger partial charge in [0.2, 0.25) is 11.4 Å². The van der Waals surface area contributed by atoms with Crippen molar-refractivity contribution < 1.29 is 14.7 Å². The molecule has 0 radical (unpaired) electrons. The first-order valence-corrected chi connectivity index (χ1v) is 2.61. The van der Waals surface area contributed by atoms with Gasteiger partial charge in [-0.05, 0) is 0 Å². The fourth-order valence-corrected chi connectivity index (χ4v) is 0.394. The second kappa shape index (κ2) is 3.29. The lowest BCUT2D eigenvalue weighted by Crippen LogP contribution is -2.34. The van der Waals surface area contributed by atoms with Gasteiger partial charge in [-0.25, -0.2) is 4.79 Å². The lowest BCUT2D eigenvalue weighted by molar-refractivity contribution is -0.139. The summed E-state index contributed by atoms with van der Waals surface area (Å²) < 4.78 is 0. The van der Waals surface area contributed by atoms with Crippen LogP contribution in [0.15, 0.2) is 0 Å². The van der Waals surface area contributed by atoms with Crippen LogP contribution in [0.4, 0.5) is 0 Å². The smallest absolute Gasteiger partial charge is 0.341 e. The quantitative estimate of drug-likeness (QED) is 0.423. The summed E-state index contributed by atoms with van der Waals surface area (Å²) in [7, 11) is 0. The van der Waals surface area contributed by atoms with Crippen LogP contribution in [0, 0.1) is 0 Å². The first-order valence-electron chi connectivity index (χ1n) is 2.18. The predicted molar refractivity (Wildman–Crippen MR) is 31.1 cm³/mol. The fraction of sp³-hybridized carbons (Fsp3) is 0.500. The van der Waals surface area contributed by atoms with Gasteiger partial charge in [0.25, 0.3) is 0 Å². The van der Waals surface area contributed by atoms with Gasteiger partial charge in [-0.1, -0.05) is 11.6 Å². The molecule has 1 amide bonds. The summed E-state index contributed by atoms with van der Waals surface area (Å²) in [6.07, 6.45) is 0. The van der Waals surface area contributed by atoms with Crippen molar-refractivity contribution in [3.8, 4) is 0 Å². The highest BCUT2D eigenvalue weighted by Crippen LogP contribution is 1.88. The molecule has 0 aliphatic carbocycles. The van der Waals surface area contributed by atoms with Crippen LogP contribution in [0.25, 0.3) is 0 Å². The highest BCUT2D eigenvalue weighted by atomic mass is 35.5. The maximum absolute atomic E-state index is 10.1. The first kappa shape index (κ1) is 8.23. The Morgan fingerprint density at radius 3 is 2.22 bits per heavy atom. The molecule has 0 aromatic rings. The number of rotatable bonds is 2. The van der Waals surface area contributed by atoms with Crippen molar-refractivity contribution in [3.63, 3.8) is 0 Å². The van der Waals surface area contributed by atoms with Crippen LogP contribution in [-0.4, -0.2) is 22.5 Å². The molecule has 2 N–H and O–H groups in total. The molecule has 5 heteroatoms. The number of carbonyl (C=O) groups is 2. The molecule has 0 heterocycles. The van der Waals surface area contributed by atoms with Crippen molar-refractivity contribution >= 4 is 23.5 Å². The number of alkyl halides is 1. The molecule has 0 spiro atoms. The number of hydrogen-bond acceptors (Lipinski definition) is 2. The molecular formula is C4H6ClNO3. The molecule has 0 aromatic heterocycles. The zero-order valence-corrected chi connectivity index (χ0v) is 5.47. The molecule has 0 saturated carbocycles. The Morgan fingerprint density at radius 1 is 1.67 bits per heavy atom. The third kappa shape index (κ3) is 3.78. The highest BCUT2D eigenvalue weighted by Gasteiger charge is 2.12. The van der Waals surface area contributed by atoms with E-state index < -0.39 is 17.4 Å². The van der Waals surface area contributed by atoms with Gasteiger partial charge < -0.3 is 10.4 Å². The van der Waals surface area contributed by atoms with Crippen LogP contribution in [0.2, 0.25) is 0 Å². The molecule has 1 atom stereocenters. The summed E-state index contributed by atoms with van der Waals surface area (Å²) in [6.45, 7) is 1.19. The number of hydrogen-bond donors (Lipinski definition) is 2. The van der Waals surface area contributed by atoms with Gasteiger partial charge in [0.05, 0.1) is 0 Å². The Morgan fingerprint density at radius 2 is 2.11 bits per heavy atom. The molecule has 0 aliphatic heterocycles. The van der Waals surface area contributed by atoms with E-state index in [1.807, 2.05) is 5.32 Å². The zero-order chi connectivity index (χ0) is 7.44. The fourth-order valence-electron chi connectivity index (χ4n) is 0.240. The maximum atomic E-state index is 10.1. The number of amides is 1. The number of aliphatic carboxylic acids is 1. The first-order chi connectivity index (χ1) is 4.04. The second-order valence-corrected chi connectivity index (χ2v) is 1.84. The minimum absolute atomic E-state index is 0.461. The van der Waals surface area contributed by atoms with Crippen molar-refractivity contribution in [2.75, 3.05) is 0 Å². The standard InChI is InChI=1S/C4H6ClNO3/c1-2(7)6-3(5)4(8)9/h3H,1H3,(H,6,7)(H,8,9). The Kier molecular flexibility index (Phi) is 3.01. The van der Waals surface area contributed by atoms with Crippen molar-refractivity contribution in [2.24, 2.45) is 0 Å². The van der Waals surface area contributed by atoms with E-state index in [1.165, 1.54) is 6.92 Å². The molecule has 0 bridgehead atoms. The summed E-state index contributed by atoms with van der Waals surface area (Å²) in [4.78, 5) is 20.0. The van der Waals surface area contributed by atoms with Crippen LogP contribution in [0.3, 0.4) is 0 Å². The van der Waals surface area contributed by atoms with Crippen molar-refractivity contribution in [2.45, 2.75) is 12.4 Å². The number of halogens is 1. The number of carbonyl (C=O) groups excluding carboxylic acids is 1. The number of carboxylic acid groups (broad SMARTS) is 1. The van der Waals surface area contributed by atoms with E-state index >= 15 is 0 Å². The molecular weight excluding hydrogens is 146 g/mol. The summed E-state index contributed by atoms with van der Waals surface area (Å²) in [5, 5.41) is 10.1. The number of nitrogens with one attached hydrogen (secondary N) is 1.